The van der Waals surface area contributed by atoms with Gasteiger partial charge in [0.15, 0.2) is 0 Å². The summed E-state index contributed by atoms with van der Waals surface area (Å²) in [7, 11) is 0. The molecule has 4 heteroatoms. The monoisotopic (exact) mass is 265 g/mol. The van der Waals surface area contributed by atoms with Crippen LogP contribution in [0.15, 0.2) is 40.4 Å². The maximum atomic E-state index is 11.7. The maximum absolute atomic E-state index is 11.7. The van der Waals surface area contributed by atoms with Gasteiger partial charge in [-0.2, -0.15) is 0 Å². The molecule has 1 aromatic rings. The number of hydrogen-bond acceptors (Lipinski definition) is 2. The van der Waals surface area contributed by atoms with Gasteiger partial charge in [0.2, 0.25) is 0 Å². The van der Waals surface area contributed by atoms with Crippen LogP contribution in [0.4, 0.5) is 5.69 Å². The van der Waals surface area contributed by atoms with Gasteiger partial charge < -0.3 is 0 Å². The lowest BCUT2D eigenvalue weighted by Gasteiger charge is -2.15. The van der Waals surface area contributed by atoms with E-state index < -0.39 is 0 Å². The Bertz CT molecular complexity index is 479. The third-order valence-corrected chi connectivity index (χ3v) is 2.86. The first-order valence-electron chi connectivity index (χ1n) is 4.42. The molecule has 0 N–H and O–H groups in total. The number of para-hydroxylation sites is 1. The molecule has 0 atom stereocenters. The van der Waals surface area contributed by atoms with E-state index in [1.165, 1.54) is 11.0 Å². The van der Waals surface area contributed by atoms with Gasteiger partial charge in [0, 0.05) is 16.1 Å². The number of hydrogen-bond donors (Lipinski definition) is 0. The van der Waals surface area contributed by atoms with Crippen LogP contribution in [0.3, 0.4) is 0 Å². The SMILES string of the molecule is CC1=CC(=O)N(c2ccccc2Br)C1=O. The number of halogens is 1. The molecule has 2 amide bonds. The molecule has 1 aliphatic rings. The number of nitrogens with zero attached hydrogens (tertiary/aromatic N) is 1. The minimum absolute atomic E-state index is 0.257. The molecular formula is C11H8BrNO2. The van der Waals surface area contributed by atoms with Crippen molar-refractivity contribution in [3.05, 3.63) is 40.4 Å². The summed E-state index contributed by atoms with van der Waals surface area (Å²) < 4.78 is 0.731. The molecular weight excluding hydrogens is 258 g/mol. The minimum Gasteiger partial charge on any atom is -0.269 e. The minimum atomic E-state index is -0.288. The van der Waals surface area contributed by atoms with Crippen molar-refractivity contribution in [2.24, 2.45) is 0 Å². The highest BCUT2D eigenvalue weighted by Gasteiger charge is 2.30. The van der Waals surface area contributed by atoms with Crippen molar-refractivity contribution in [2.45, 2.75) is 6.92 Å². The average Bonchev–Trinajstić information content (AvgIpc) is 2.43. The molecule has 15 heavy (non-hydrogen) atoms. The maximum Gasteiger partial charge on any atom is 0.261 e. The first-order valence-corrected chi connectivity index (χ1v) is 5.22. The van der Waals surface area contributed by atoms with Crippen molar-refractivity contribution in [1.82, 2.24) is 0 Å². The summed E-state index contributed by atoms with van der Waals surface area (Å²) in [6.45, 7) is 1.64. The first kappa shape index (κ1) is 10.1. The van der Waals surface area contributed by atoms with E-state index in [0.717, 1.165) is 4.47 Å². The van der Waals surface area contributed by atoms with Crippen molar-refractivity contribution in [3.63, 3.8) is 0 Å². The van der Waals surface area contributed by atoms with Crippen molar-refractivity contribution < 1.29 is 9.59 Å². The highest BCUT2D eigenvalue weighted by molar-refractivity contribution is 9.10. The van der Waals surface area contributed by atoms with Crippen LogP contribution in [0.2, 0.25) is 0 Å². The molecule has 1 aromatic carbocycles. The van der Waals surface area contributed by atoms with Gasteiger partial charge >= 0.3 is 0 Å². The summed E-state index contributed by atoms with van der Waals surface area (Å²) >= 11 is 3.31. The summed E-state index contributed by atoms with van der Waals surface area (Å²) in [6.07, 6.45) is 1.35. The zero-order chi connectivity index (χ0) is 11.0. The lowest BCUT2D eigenvalue weighted by atomic mass is 10.3. The van der Waals surface area contributed by atoms with Gasteiger partial charge in [0.05, 0.1) is 5.69 Å². The second-order valence-electron chi connectivity index (χ2n) is 3.26. The Kier molecular flexibility index (Phi) is 2.44. The van der Waals surface area contributed by atoms with Crippen molar-refractivity contribution in [1.29, 1.82) is 0 Å². The lowest BCUT2D eigenvalue weighted by Crippen LogP contribution is -2.30. The van der Waals surface area contributed by atoms with Crippen LogP contribution in [0.1, 0.15) is 6.92 Å². The van der Waals surface area contributed by atoms with Crippen molar-refractivity contribution in [3.8, 4) is 0 Å². The molecule has 0 bridgehead atoms. The van der Waals surface area contributed by atoms with Gasteiger partial charge in [-0.25, -0.2) is 4.90 Å². The first-order chi connectivity index (χ1) is 7.11. The van der Waals surface area contributed by atoms with Crippen LogP contribution >= 0.6 is 15.9 Å². The Morgan fingerprint density at radius 2 is 1.87 bits per heavy atom. The lowest BCUT2D eigenvalue weighted by molar-refractivity contribution is -0.120. The number of rotatable bonds is 1. The van der Waals surface area contributed by atoms with Gasteiger partial charge in [-0.1, -0.05) is 12.1 Å². The van der Waals surface area contributed by atoms with Crippen LogP contribution in [0, 0.1) is 0 Å². The van der Waals surface area contributed by atoms with Crippen LogP contribution in [0.5, 0.6) is 0 Å². The molecule has 0 aliphatic carbocycles. The molecule has 0 unspecified atom stereocenters. The zero-order valence-corrected chi connectivity index (χ0v) is 9.61. The number of imide groups is 1. The fraction of sp³-hybridized carbons (Fsp3) is 0.0909. The third kappa shape index (κ3) is 1.61. The predicted octanol–water partition coefficient (Wildman–Crippen LogP) is 2.27. The molecule has 0 fully saturated rings. The second kappa shape index (κ2) is 3.62. The summed E-state index contributed by atoms with van der Waals surface area (Å²) in [4.78, 5) is 24.4. The van der Waals surface area contributed by atoms with Gasteiger partial charge in [0.25, 0.3) is 11.8 Å². The zero-order valence-electron chi connectivity index (χ0n) is 8.03. The van der Waals surface area contributed by atoms with Gasteiger partial charge in [-0.05, 0) is 35.0 Å². The number of amides is 2. The van der Waals surface area contributed by atoms with Crippen molar-refractivity contribution in [2.75, 3.05) is 4.90 Å². The smallest absolute Gasteiger partial charge is 0.261 e. The second-order valence-corrected chi connectivity index (χ2v) is 4.11. The van der Waals surface area contributed by atoms with E-state index in [2.05, 4.69) is 15.9 Å². The number of carbonyl (C=O) groups excluding carboxylic acids is 2. The van der Waals surface area contributed by atoms with E-state index in [1.54, 1.807) is 25.1 Å². The molecule has 1 aliphatic heterocycles. The quantitative estimate of drug-likeness (QED) is 0.731. The van der Waals surface area contributed by atoms with E-state index in [0.29, 0.717) is 11.3 Å². The highest BCUT2D eigenvalue weighted by Crippen LogP contribution is 2.29. The Hall–Kier alpha value is -1.42. The number of anilines is 1. The Balaban J connectivity index is 2.47. The number of carbonyl (C=O) groups is 2. The molecule has 0 saturated carbocycles. The fourth-order valence-corrected chi connectivity index (χ4v) is 1.91. The van der Waals surface area contributed by atoms with Crippen LogP contribution in [0.25, 0.3) is 0 Å². The molecule has 0 spiro atoms. The normalized spacial score (nSPS) is 15.9. The van der Waals surface area contributed by atoms with E-state index in [9.17, 15) is 9.59 Å². The van der Waals surface area contributed by atoms with Gasteiger partial charge in [0.1, 0.15) is 0 Å². The van der Waals surface area contributed by atoms with Crippen LogP contribution in [-0.2, 0) is 9.59 Å². The molecule has 0 aromatic heterocycles. The molecule has 0 saturated heterocycles. The van der Waals surface area contributed by atoms with Gasteiger partial charge in [-0.15, -0.1) is 0 Å². The Morgan fingerprint density at radius 3 is 2.40 bits per heavy atom. The fourth-order valence-electron chi connectivity index (χ4n) is 1.45. The van der Waals surface area contributed by atoms with Crippen LogP contribution < -0.4 is 4.90 Å². The molecule has 3 nitrogen and oxygen atoms in total. The number of benzene rings is 1. The van der Waals surface area contributed by atoms with Crippen molar-refractivity contribution >= 4 is 33.4 Å². The summed E-state index contributed by atoms with van der Waals surface area (Å²) in [5, 5.41) is 0. The summed E-state index contributed by atoms with van der Waals surface area (Å²) in [6, 6.07) is 7.14. The van der Waals surface area contributed by atoms with E-state index in [-0.39, 0.29) is 11.8 Å². The third-order valence-electron chi connectivity index (χ3n) is 2.19. The Morgan fingerprint density at radius 1 is 1.20 bits per heavy atom. The molecule has 76 valence electrons. The topological polar surface area (TPSA) is 37.4 Å². The highest BCUT2D eigenvalue weighted by atomic mass is 79.9. The van der Waals surface area contributed by atoms with E-state index in [1.807, 2.05) is 6.07 Å². The van der Waals surface area contributed by atoms with Crippen LogP contribution in [-0.4, -0.2) is 11.8 Å². The van der Waals surface area contributed by atoms with Gasteiger partial charge in [-0.3, -0.25) is 9.59 Å². The summed E-state index contributed by atoms with van der Waals surface area (Å²) in [5.74, 6) is -0.545. The molecule has 1 heterocycles. The predicted molar refractivity (Wildman–Crippen MR) is 60.4 cm³/mol. The molecule has 0 radical (unpaired) electrons. The van der Waals surface area contributed by atoms with E-state index in [4.69, 9.17) is 0 Å². The largest absolute Gasteiger partial charge is 0.269 e. The molecule has 2 rings (SSSR count). The summed E-state index contributed by atoms with van der Waals surface area (Å²) in [5.41, 5.74) is 1.05. The Labute approximate surface area is 95.5 Å². The average molecular weight is 266 g/mol. The standard InChI is InChI=1S/C11H8BrNO2/c1-7-6-10(14)13(11(7)15)9-5-3-2-4-8(9)12/h2-6H,1H3. The van der Waals surface area contributed by atoms with E-state index >= 15 is 0 Å².